The number of carbonyl (C=O) groups excluding carboxylic acids is 1. The Kier molecular flexibility index (Phi) is 3.92. The topological polar surface area (TPSA) is 94.7 Å². The Labute approximate surface area is 133 Å². The molecule has 0 aliphatic carbocycles. The Balaban J connectivity index is 1.99. The number of ether oxygens (including phenoxy) is 2. The summed E-state index contributed by atoms with van der Waals surface area (Å²) in [6.07, 6.45) is 2.32. The molecule has 6 heteroatoms. The first-order valence-corrected chi connectivity index (χ1v) is 7.33. The van der Waals surface area contributed by atoms with E-state index in [0.29, 0.717) is 17.1 Å². The lowest BCUT2D eigenvalue weighted by Crippen LogP contribution is -2.25. The molecule has 0 saturated carbocycles. The molecule has 1 unspecified atom stereocenters. The van der Waals surface area contributed by atoms with Crippen LogP contribution in [-0.4, -0.2) is 22.6 Å². The molecule has 1 aliphatic rings. The molecule has 2 heterocycles. The molecule has 0 saturated heterocycles. The van der Waals surface area contributed by atoms with Crippen molar-refractivity contribution in [1.29, 1.82) is 0 Å². The fourth-order valence-electron chi connectivity index (χ4n) is 2.87. The molecule has 3 rings (SSSR count). The molecular weight excluding hydrogens is 296 g/mol. The first-order valence-electron chi connectivity index (χ1n) is 7.33. The van der Waals surface area contributed by atoms with Crippen LogP contribution in [0.5, 0.6) is 11.5 Å². The van der Waals surface area contributed by atoms with Crippen molar-refractivity contribution in [3.63, 3.8) is 0 Å². The largest absolute Gasteiger partial charge is 0.485 e. The van der Waals surface area contributed by atoms with Crippen LogP contribution in [0.1, 0.15) is 46.2 Å². The third-order valence-electron chi connectivity index (χ3n) is 3.87. The van der Waals surface area contributed by atoms with Crippen LogP contribution in [0.4, 0.5) is 0 Å². The second-order valence-corrected chi connectivity index (χ2v) is 5.55. The van der Waals surface area contributed by atoms with E-state index < -0.39 is 18.1 Å². The maximum absolute atomic E-state index is 11.5. The highest BCUT2D eigenvalue weighted by Gasteiger charge is 2.29. The Morgan fingerprint density at radius 2 is 2.22 bits per heavy atom. The molecule has 0 radical (unpaired) electrons. The Hall–Kier alpha value is -2.60. The predicted octanol–water partition coefficient (Wildman–Crippen LogP) is 2.05. The molecule has 0 bridgehead atoms. The SMILES string of the molecule is Cc1cncc(C2COc3c(cccc3C(N)=O)O2)c1[C@H](C)O. The summed E-state index contributed by atoms with van der Waals surface area (Å²) in [6.45, 7) is 3.80. The van der Waals surface area contributed by atoms with E-state index >= 15 is 0 Å². The molecule has 1 amide bonds. The minimum absolute atomic E-state index is 0.210. The summed E-state index contributed by atoms with van der Waals surface area (Å²) in [4.78, 5) is 15.6. The van der Waals surface area contributed by atoms with Crippen molar-refractivity contribution in [3.8, 4) is 11.5 Å². The highest BCUT2D eigenvalue weighted by molar-refractivity contribution is 5.96. The normalized spacial score (nSPS) is 17.6. The second kappa shape index (κ2) is 5.89. The van der Waals surface area contributed by atoms with Gasteiger partial charge in [-0.1, -0.05) is 6.07 Å². The van der Waals surface area contributed by atoms with E-state index in [1.165, 1.54) is 0 Å². The van der Waals surface area contributed by atoms with Gasteiger partial charge in [-0.15, -0.1) is 0 Å². The number of aromatic nitrogens is 1. The highest BCUT2D eigenvalue weighted by atomic mass is 16.6. The minimum Gasteiger partial charge on any atom is -0.485 e. The number of aryl methyl sites for hydroxylation is 1. The molecule has 0 spiro atoms. The number of aliphatic hydroxyl groups is 1. The zero-order valence-corrected chi connectivity index (χ0v) is 12.9. The van der Waals surface area contributed by atoms with E-state index in [1.54, 1.807) is 37.5 Å². The number of pyridine rings is 1. The van der Waals surface area contributed by atoms with Crippen molar-refractivity contribution < 1.29 is 19.4 Å². The first-order chi connectivity index (χ1) is 11.0. The smallest absolute Gasteiger partial charge is 0.252 e. The van der Waals surface area contributed by atoms with E-state index in [-0.39, 0.29) is 6.61 Å². The van der Waals surface area contributed by atoms with Crippen molar-refractivity contribution in [1.82, 2.24) is 4.98 Å². The van der Waals surface area contributed by atoms with Gasteiger partial charge in [0.1, 0.15) is 6.61 Å². The van der Waals surface area contributed by atoms with E-state index in [4.69, 9.17) is 15.2 Å². The Morgan fingerprint density at radius 1 is 1.43 bits per heavy atom. The number of rotatable bonds is 3. The van der Waals surface area contributed by atoms with Crippen LogP contribution in [0.2, 0.25) is 0 Å². The molecule has 1 aromatic heterocycles. The van der Waals surface area contributed by atoms with E-state index in [0.717, 1.165) is 16.7 Å². The van der Waals surface area contributed by atoms with E-state index in [2.05, 4.69) is 4.98 Å². The number of aliphatic hydroxyl groups excluding tert-OH is 1. The van der Waals surface area contributed by atoms with Crippen LogP contribution in [0.25, 0.3) is 0 Å². The number of para-hydroxylation sites is 1. The van der Waals surface area contributed by atoms with Crippen LogP contribution < -0.4 is 15.2 Å². The molecule has 2 atom stereocenters. The average Bonchev–Trinajstić information content (AvgIpc) is 2.53. The fraction of sp³-hybridized carbons (Fsp3) is 0.294. The number of hydrogen-bond donors (Lipinski definition) is 2. The van der Waals surface area contributed by atoms with Gasteiger partial charge in [0, 0.05) is 18.0 Å². The van der Waals surface area contributed by atoms with Crippen LogP contribution in [-0.2, 0) is 0 Å². The van der Waals surface area contributed by atoms with Gasteiger partial charge in [-0.05, 0) is 37.1 Å². The third-order valence-corrected chi connectivity index (χ3v) is 3.87. The van der Waals surface area contributed by atoms with Crippen molar-refractivity contribution in [3.05, 3.63) is 52.8 Å². The van der Waals surface area contributed by atoms with Crippen LogP contribution >= 0.6 is 0 Å². The van der Waals surface area contributed by atoms with Crippen molar-refractivity contribution >= 4 is 5.91 Å². The van der Waals surface area contributed by atoms with Crippen LogP contribution in [0.3, 0.4) is 0 Å². The zero-order chi connectivity index (χ0) is 16.6. The number of benzene rings is 1. The van der Waals surface area contributed by atoms with Crippen LogP contribution in [0.15, 0.2) is 30.6 Å². The molecule has 1 aliphatic heterocycles. The predicted molar refractivity (Wildman–Crippen MR) is 83.4 cm³/mol. The first kappa shape index (κ1) is 15.3. The summed E-state index contributed by atoms with van der Waals surface area (Å²) in [7, 11) is 0. The standard InChI is InChI=1S/C17H18N2O4/c1-9-6-19-7-12(15(9)10(2)20)14-8-22-16-11(17(18)21)4-3-5-13(16)23-14/h3-7,10,14,20H,8H2,1-2H3,(H2,18,21)/t10-,14?/m0/s1. The summed E-state index contributed by atoms with van der Waals surface area (Å²) in [6, 6.07) is 5.01. The lowest BCUT2D eigenvalue weighted by atomic mass is 9.97. The number of hydrogen-bond acceptors (Lipinski definition) is 5. The van der Waals surface area contributed by atoms with Gasteiger partial charge in [0.25, 0.3) is 5.91 Å². The minimum atomic E-state index is -0.644. The molecule has 2 aromatic rings. The second-order valence-electron chi connectivity index (χ2n) is 5.55. The van der Waals surface area contributed by atoms with E-state index in [9.17, 15) is 9.90 Å². The van der Waals surface area contributed by atoms with E-state index in [1.807, 2.05) is 6.92 Å². The van der Waals surface area contributed by atoms with Gasteiger partial charge in [-0.25, -0.2) is 0 Å². The van der Waals surface area contributed by atoms with Crippen molar-refractivity contribution in [2.75, 3.05) is 6.61 Å². The summed E-state index contributed by atoms with van der Waals surface area (Å²) in [5, 5.41) is 10.0. The molecule has 3 N–H and O–H groups in total. The number of amides is 1. The molecule has 1 aromatic carbocycles. The molecule has 120 valence electrons. The maximum atomic E-state index is 11.5. The van der Waals surface area contributed by atoms with Gasteiger partial charge >= 0.3 is 0 Å². The zero-order valence-electron chi connectivity index (χ0n) is 12.9. The van der Waals surface area contributed by atoms with Gasteiger partial charge in [-0.2, -0.15) is 0 Å². The molecule has 6 nitrogen and oxygen atoms in total. The number of carbonyl (C=O) groups is 1. The number of nitrogens with two attached hydrogens (primary N) is 1. The Bertz CT molecular complexity index is 758. The van der Waals surface area contributed by atoms with Gasteiger partial charge in [0.15, 0.2) is 17.6 Å². The molecule has 0 fully saturated rings. The molecule has 23 heavy (non-hydrogen) atoms. The number of fused-ring (bicyclic) bond motifs is 1. The quantitative estimate of drug-likeness (QED) is 0.904. The Morgan fingerprint density at radius 3 is 2.91 bits per heavy atom. The number of nitrogens with zero attached hydrogens (tertiary/aromatic N) is 1. The summed E-state index contributed by atoms with van der Waals surface area (Å²) < 4.78 is 11.7. The summed E-state index contributed by atoms with van der Waals surface area (Å²) in [5.41, 5.74) is 8.08. The average molecular weight is 314 g/mol. The lowest BCUT2D eigenvalue weighted by molar-refractivity contribution is 0.0836. The number of primary amides is 1. The van der Waals surface area contributed by atoms with Crippen molar-refractivity contribution in [2.24, 2.45) is 5.73 Å². The fourth-order valence-corrected chi connectivity index (χ4v) is 2.87. The maximum Gasteiger partial charge on any atom is 0.252 e. The van der Waals surface area contributed by atoms with Gasteiger partial charge < -0.3 is 20.3 Å². The highest BCUT2D eigenvalue weighted by Crippen LogP contribution is 2.40. The summed E-state index contributed by atoms with van der Waals surface area (Å²) >= 11 is 0. The summed E-state index contributed by atoms with van der Waals surface area (Å²) in [5.74, 6) is 0.247. The van der Waals surface area contributed by atoms with Gasteiger partial charge in [-0.3, -0.25) is 9.78 Å². The third kappa shape index (κ3) is 2.73. The van der Waals surface area contributed by atoms with Gasteiger partial charge in [0.2, 0.25) is 0 Å². The monoisotopic (exact) mass is 314 g/mol. The van der Waals surface area contributed by atoms with Crippen molar-refractivity contribution in [2.45, 2.75) is 26.1 Å². The van der Waals surface area contributed by atoms with Crippen LogP contribution in [0, 0.1) is 6.92 Å². The molecular formula is C17H18N2O4. The van der Waals surface area contributed by atoms with Gasteiger partial charge in [0.05, 0.1) is 11.7 Å². The lowest BCUT2D eigenvalue weighted by Gasteiger charge is -2.29.